The van der Waals surface area contributed by atoms with Gasteiger partial charge in [0, 0.05) is 6.04 Å². The Bertz CT molecular complexity index is 676. The number of phenolic OH excluding ortho intramolecular Hbond substituents is 1. The second-order valence-electron chi connectivity index (χ2n) is 5.68. The van der Waals surface area contributed by atoms with Crippen LogP contribution in [0.25, 0.3) is 6.08 Å². The fourth-order valence-electron chi connectivity index (χ4n) is 2.95. The predicted molar refractivity (Wildman–Crippen MR) is 115 cm³/mol. The van der Waals surface area contributed by atoms with Gasteiger partial charge in [0.1, 0.15) is 10.1 Å². The van der Waals surface area contributed by atoms with Crippen LogP contribution in [0.1, 0.15) is 37.7 Å². The van der Waals surface area contributed by atoms with E-state index in [2.05, 4.69) is 45.2 Å². The molecule has 1 amide bonds. The Morgan fingerprint density at radius 2 is 1.83 bits per heavy atom. The van der Waals surface area contributed by atoms with Gasteiger partial charge in [0.25, 0.3) is 5.91 Å². The van der Waals surface area contributed by atoms with Gasteiger partial charge in [-0.1, -0.05) is 43.2 Å². The number of aromatic hydroxyl groups is 1. The third-order valence-corrected chi connectivity index (χ3v) is 7.08. The molecule has 0 atom stereocenters. The molecule has 1 saturated carbocycles. The van der Waals surface area contributed by atoms with E-state index < -0.39 is 0 Å². The Hall–Kier alpha value is 0.130. The SMILES string of the molecule is O=C1/C(=C/c2cc(I)c(O)c(I)c2)SC(=S)N1C1CCCCC1. The Labute approximate surface area is 172 Å². The summed E-state index contributed by atoms with van der Waals surface area (Å²) in [5.74, 6) is 0.322. The van der Waals surface area contributed by atoms with Crippen molar-refractivity contribution in [2.45, 2.75) is 38.1 Å². The first kappa shape index (κ1) is 17.9. The van der Waals surface area contributed by atoms with Gasteiger partial charge in [-0.2, -0.15) is 0 Å². The number of hydrogen-bond acceptors (Lipinski definition) is 4. The van der Waals surface area contributed by atoms with Gasteiger partial charge >= 0.3 is 0 Å². The zero-order chi connectivity index (χ0) is 16.6. The molecular weight excluding hydrogens is 556 g/mol. The molecule has 1 aromatic carbocycles. The smallest absolute Gasteiger partial charge is 0.266 e. The number of rotatable bonds is 2. The highest BCUT2D eigenvalue weighted by atomic mass is 127. The Morgan fingerprint density at radius 3 is 2.43 bits per heavy atom. The molecule has 122 valence electrons. The highest BCUT2D eigenvalue weighted by Crippen LogP contribution is 2.38. The maximum atomic E-state index is 12.8. The van der Waals surface area contributed by atoms with Gasteiger partial charge in [0.2, 0.25) is 0 Å². The molecule has 2 fully saturated rings. The molecule has 0 bridgehead atoms. The van der Waals surface area contributed by atoms with Gasteiger partial charge in [0.05, 0.1) is 12.0 Å². The van der Waals surface area contributed by atoms with Crippen LogP contribution in [0.15, 0.2) is 17.0 Å². The largest absolute Gasteiger partial charge is 0.506 e. The van der Waals surface area contributed by atoms with Crippen molar-refractivity contribution in [3.8, 4) is 5.75 Å². The lowest BCUT2D eigenvalue weighted by Gasteiger charge is -2.29. The van der Waals surface area contributed by atoms with Crippen molar-refractivity contribution >= 4 is 85.5 Å². The summed E-state index contributed by atoms with van der Waals surface area (Å²) < 4.78 is 2.24. The third-order valence-electron chi connectivity index (χ3n) is 4.10. The molecule has 23 heavy (non-hydrogen) atoms. The first-order valence-corrected chi connectivity index (χ1v) is 10.8. The van der Waals surface area contributed by atoms with Crippen LogP contribution in [0.3, 0.4) is 0 Å². The second kappa shape index (κ2) is 7.57. The Morgan fingerprint density at radius 1 is 1.22 bits per heavy atom. The molecule has 1 saturated heterocycles. The molecule has 0 spiro atoms. The van der Waals surface area contributed by atoms with Crippen molar-refractivity contribution in [3.05, 3.63) is 29.7 Å². The Balaban J connectivity index is 1.86. The summed E-state index contributed by atoms with van der Waals surface area (Å²) in [4.78, 5) is 15.3. The van der Waals surface area contributed by atoms with Crippen LogP contribution in [0.4, 0.5) is 0 Å². The minimum absolute atomic E-state index is 0.0324. The maximum absolute atomic E-state index is 12.8. The minimum Gasteiger partial charge on any atom is -0.506 e. The van der Waals surface area contributed by atoms with Crippen LogP contribution in [-0.2, 0) is 4.79 Å². The van der Waals surface area contributed by atoms with Crippen molar-refractivity contribution in [2.24, 2.45) is 0 Å². The average molecular weight is 571 g/mol. The van der Waals surface area contributed by atoms with E-state index in [0.29, 0.717) is 9.23 Å². The summed E-state index contributed by atoms with van der Waals surface area (Å²) in [5, 5.41) is 9.86. The van der Waals surface area contributed by atoms with Crippen LogP contribution in [0.2, 0.25) is 0 Å². The number of benzene rings is 1. The number of amides is 1. The molecular formula is C16H15I2NO2S2. The summed E-state index contributed by atoms with van der Waals surface area (Å²) in [6.07, 6.45) is 7.59. The molecule has 1 N–H and O–H groups in total. The first-order chi connectivity index (χ1) is 11.0. The number of thiocarbonyl (C=S) groups is 1. The molecule has 0 aromatic heterocycles. The van der Waals surface area contributed by atoms with Crippen LogP contribution in [0, 0.1) is 7.14 Å². The topological polar surface area (TPSA) is 40.5 Å². The molecule has 1 aliphatic heterocycles. The summed E-state index contributed by atoms with van der Waals surface area (Å²) >= 11 is 11.0. The Kier molecular flexibility index (Phi) is 5.90. The molecule has 0 unspecified atom stereocenters. The third kappa shape index (κ3) is 3.87. The molecule has 1 aliphatic carbocycles. The average Bonchev–Trinajstić information content (AvgIpc) is 2.80. The van der Waals surface area contributed by atoms with E-state index in [1.807, 2.05) is 23.1 Å². The van der Waals surface area contributed by atoms with E-state index in [0.717, 1.165) is 25.5 Å². The van der Waals surface area contributed by atoms with Crippen LogP contribution in [0.5, 0.6) is 5.75 Å². The minimum atomic E-state index is 0.0324. The number of carbonyl (C=O) groups excluding carboxylic acids is 1. The van der Waals surface area contributed by atoms with Crippen LogP contribution < -0.4 is 0 Å². The van der Waals surface area contributed by atoms with E-state index in [4.69, 9.17) is 12.2 Å². The standard InChI is InChI=1S/C16H15I2NO2S2/c17-11-6-9(7-12(18)14(11)20)8-13-15(21)19(16(22)23-13)10-4-2-1-3-5-10/h6-8,10,20H,1-5H2/b13-8-. The number of hydrogen-bond donors (Lipinski definition) is 1. The fourth-order valence-corrected chi connectivity index (χ4v) is 6.17. The highest BCUT2D eigenvalue weighted by molar-refractivity contribution is 14.1. The lowest BCUT2D eigenvalue weighted by molar-refractivity contribution is -0.124. The van der Waals surface area contributed by atoms with Gasteiger partial charge in [-0.15, -0.1) is 0 Å². The van der Waals surface area contributed by atoms with E-state index >= 15 is 0 Å². The lowest BCUT2D eigenvalue weighted by Crippen LogP contribution is -2.39. The summed E-state index contributed by atoms with van der Waals surface area (Å²) in [7, 11) is 0. The van der Waals surface area contributed by atoms with E-state index in [1.54, 1.807) is 0 Å². The molecule has 1 heterocycles. The molecule has 1 aromatic rings. The molecule has 2 aliphatic rings. The molecule has 7 heteroatoms. The second-order valence-corrected chi connectivity index (χ2v) is 9.68. The number of nitrogens with zero attached hydrogens (tertiary/aromatic N) is 1. The van der Waals surface area contributed by atoms with Crippen LogP contribution in [-0.4, -0.2) is 26.3 Å². The monoisotopic (exact) mass is 571 g/mol. The number of thioether (sulfide) groups is 1. The van der Waals surface area contributed by atoms with Crippen molar-refractivity contribution in [2.75, 3.05) is 0 Å². The fraction of sp³-hybridized carbons (Fsp3) is 0.375. The first-order valence-electron chi connectivity index (χ1n) is 7.42. The zero-order valence-electron chi connectivity index (χ0n) is 12.2. The number of halogens is 2. The summed E-state index contributed by atoms with van der Waals surface area (Å²) in [6.45, 7) is 0. The maximum Gasteiger partial charge on any atom is 0.266 e. The quantitative estimate of drug-likeness (QED) is 0.304. The zero-order valence-corrected chi connectivity index (χ0v) is 18.2. The molecule has 3 rings (SSSR count). The summed E-state index contributed by atoms with van der Waals surface area (Å²) in [6, 6.07) is 4.03. The van der Waals surface area contributed by atoms with Crippen molar-refractivity contribution in [3.63, 3.8) is 0 Å². The number of carbonyl (C=O) groups is 1. The lowest BCUT2D eigenvalue weighted by atomic mass is 9.94. The van der Waals surface area contributed by atoms with Crippen LogP contribution >= 0.6 is 69.2 Å². The van der Waals surface area contributed by atoms with Crippen molar-refractivity contribution in [1.82, 2.24) is 4.90 Å². The van der Waals surface area contributed by atoms with Gasteiger partial charge in [-0.3, -0.25) is 9.69 Å². The van der Waals surface area contributed by atoms with Gasteiger partial charge in [-0.05, 0) is 81.8 Å². The number of phenols is 1. The van der Waals surface area contributed by atoms with E-state index in [-0.39, 0.29) is 17.7 Å². The van der Waals surface area contributed by atoms with Crippen molar-refractivity contribution < 1.29 is 9.90 Å². The predicted octanol–water partition coefficient (Wildman–Crippen LogP) is 5.14. The molecule has 3 nitrogen and oxygen atoms in total. The molecule has 0 radical (unpaired) electrons. The normalized spacial score (nSPS) is 21.5. The van der Waals surface area contributed by atoms with E-state index in [9.17, 15) is 9.90 Å². The van der Waals surface area contributed by atoms with Gasteiger partial charge in [0.15, 0.2) is 0 Å². The summed E-state index contributed by atoms with van der Waals surface area (Å²) in [5.41, 5.74) is 0.917. The van der Waals surface area contributed by atoms with Crippen molar-refractivity contribution in [1.29, 1.82) is 0 Å². The van der Waals surface area contributed by atoms with Gasteiger partial charge in [-0.25, -0.2) is 0 Å². The highest BCUT2D eigenvalue weighted by Gasteiger charge is 2.37. The van der Waals surface area contributed by atoms with Gasteiger partial charge < -0.3 is 5.11 Å². The van der Waals surface area contributed by atoms with E-state index in [1.165, 1.54) is 31.0 Å².